The number of carbonyl (C=O) groups excluding carboxylic acids is 2. The molecule has 0 saturated carbocycles. The number of benzene rings is 1. The third-order valence-electron chi connectivity index (χ3n) is 3.75. The standard InChI is InChI=1S/C19H21F3N4O2/c1-12-8-13(2)10-14(9-12)18(28)26-11-16(27)23-6-7-25-17-15(19(20,21)22)4-3-5-24-17/h3-5,8-10H,6-7,11H2,1-2H3,(H,23,27)(H,24,25)(H,26,28). The predicted molar refractivity (Wildman–Crippen MR) is 99.0 cm³/mol. The van der Waals surface area contributed by atoms with Gasteiger partial charge >= 0.3 is 6.18 Å². The van der Waals surface area contributed by atoms with E-state index in [-0.39, 0.29) is 31.4 Å². The maximum atomic E-state index is 12.9. The van der Waals surface area contributed by atoms with Gasteiger partial charge in [0, 0.05) is 24.8 Å². The van der Waals surface area contributed by atoms with Crippen LogP contribution < -0.4 is 16.0 Å². The van der Waals surface area contributed by atoms with E-state index in [1.165, 1.54) is 12.3 Å². The molecule has 1 heterocycles. The highest BCUT2D eigenvalue weighted by Gasteiger charge is 2.33. The molecule has 0 spiro atoms. The van der Waals surface area contributed by atoms with Crippen LogP contribution in [-0.2, 0) is 11.0 Å². The number of nitrogens with zero attached hydrogens (tertiary/aromatic N) is 1. The van der Waals surface area contributed by atoms with Crippen LogP contribution in [0.15, 0.2) is 36.5 Å². The molecule has 0 unspecified atom stereocenters. The second-order valence-corrected chi connectivity index (χ2v) is 6.23. The van der Waals surface area contributed by atoms with Gasteiger partial charge in [0.15, 0.2) is 0 Å². The second kappa shape index (κ2) is 9.20. The predicted octanol–water partition coefficient (Wildman–Crippen LogP) is 2.68. The molecule has 1 aromatic carbocycles. The first-order valence-corrected chi connectivity index (χ1v) is 8.56. The molecule has 0 aliphatic carbocycles. The molecule has 0 radical (unpaired) electrons. The molecule has 0 fully saturated rings. The number of anilines is 1. The monoisotopic (exact) mass is 394 g/mol. The lowest BCUT2D eigenvalue weighted by Crippen LogP contribution is -2.38. The van der Waals surface area contributed by atoms with Crippen LogP contribution in [0.2, 0.25) is 0 Å². The summed E-state index contributed by atoms with van der Waals surface area (Å²) in [4.78, 5) is 27.6. The molecule has 0 atom stereocenters. The Morgan fingerprint density at radius 3 is 2.36 bits per heavy atom. The molecular weight excluding hydrogens is 373 g/mol. The summed E-state index contributed by atoms with van der Waals surface area (Å²) in [6, 6.07) is 7.50. The lowest BCUT2D eigenvalue weighted by atomic mass is 10.1. The molecule has 150 valence electrons. The van der Waals surface area contributed by atoms with Crippen LogP contribution in [0.4, 0.5) is 19.0 Å². The number of amides is 2. The molecule has 0 saturated heterocycles. The van der Waals surface area contributed by atoms with Gasteiger partial charge in [0.1, 0.15) is 5.82 Å². The first kappa shape index (κ1) is 21.2. The molecule has 2 amide bonds. The van der Waals surface area contributed by atoms with E-state index in [9.17, 15) is 22.8 Å². The smallest absolute Gasteiger partial charge is 0.368 e. The van der Waals surface area contributed by atoms with Gasteiger partial charge in [-0.15, -0.1) is 0 Å². The Hall–Kier alpha value is -3.10. The second-order valence-electron chi connectivity index (χ2n) is 6.23. The van der Waals surface area contributed by atoms with Crippen LogP contribution >= 0.6 is 0 Å². The molecule has 0 aliphatic rings. The van der Waals surface area contributed by atoms with E-state index in [1.54, 1.807) is 12.1 Å². The van der Waals surface area contributed by atoms with Crippen molar-refractivity contribution in [2.24, 2.45) is 0 Å². The van der Waals surface area contributed by atoms with Gasteiger partial charge in [-0.1, -0.05) is 17.2 Å². The van der Waals surface area contributed by atoms with Gasteiger partial charge < -0.3 is 16.0 Å². The maximum Gasteiger partial charge on any atom is 0.419 e. The largest absolute Gasteiger partial charge is 0.419 e. The summed E-state index contributed by atoms with van der Waals surface area (Å²) < 4.78 is 38.6. The highest BCUT2D eigenvalue weighted by molar-refractivity contribution is 5.96. The Morgan fingerprint density at radius 2 is 1.71 bits per heavy atom. The fourth-order valence-corrected chi connectivity index (χ4v) is 2.59. The topological polar surface area (TPSA) is 83.1 Å². The number of pyridine rings is 1. The number of aromatic nitrogens is 1. The number of hydrogen-bond acceptors (Lipinski definition) is 4. The molecule has 0 bridgehead atoms. The molecule has 3 N–H and O–H groups in total. The zero-order valence-corrected chi connectivity index (χ0v) is 15.5. The number of nitrogens with one attached hydrogen (secondary N) is 3. The number of carbonyl (C=O) groups is 2. The van der Waals surface area contributed by atoms with Crippen molar-refractivity contribution in [3.63, 3.8) is 0 Å². The van der Waals surface area contributed by atoms with Crippen molar-refractivity contribution in [1.29, 1.82) is 0 Å². The summed E-state index contributed by atoms with van der Waals surface area (Å²) in [6.07, 6.45) is -3.27. The highest BCUT2D eigenvalue weighted by Crippen LogP contribution is 2.33. The summed E-state index contributed by atoms with van der Waals surface area (Å²) in [5, 5.41) is 7.57. The Balaban J connectivity index is 1.76. The molecule has 6 nitrogen and oxygen atoms in total. The zero-order valence-electron chi connectivity index (χ0n) is 15.5. The van der Waals surface area contributed by atoms with Crippen LogP contribution in [0.1, 0.15) is 27.0 Å². The van der Waals surface area contributed by atoms with Gasteiger partial charge in [-0.05, 0) is 38.1 Å². The van der Waals surface area contributed by atoms with Gasteiger partial charge in [0.2, 0.25) is 5.91 Å². The van der Waals surface area contributed by atoms with Crippen molar-refractivity contribution in [2.75, 3.05) is 25.0 Å². The average Bonchev–Trinajstić information content (AvgIpc) is 2.62. The minimum atomic E-state index is -4.52. The van der Waals surface area contributed by atoms with Crippen LogP contribution in [0, 0.1) is 13.8 Å². The van der Waals surface area contributed by atoms with Crippen LogP contribution in [0.5, 0.6) is 0 Å². The lowest BCUT2D eigenvalue weighted by molar-refractivity contribution is -0.137. The molecule has 28 heavy (non-hydrogen) atoms. The Kier molecular flexibility index (Phi) is 6.97. The quantitative estimate of drug-likeness (QED) is 0.631. The van der Waals surface area contributed by atoms with Crippen molar-refractivity contribution in [3.05, 3.63) is 58.8 Å². The number of halogens is 3. The minimum Gasteiger partial charge on any atom is -0.368 e. The summed E-state index contributed by atoms with van der Waals surface area (Å²) in [7, 11) is 0. The number of rotatable bonds is 7. The summed E-state index contributed by atoms with van der Waals surface area (Å²) >= 11 is 0. The molecule has 2 rings (SSSR count). The molecular formula is C19H21F3N4O2. The lowest BCUT2D eigenvalue weighted by Gasteiger charge is -2.13. The van der Waals surface area contributed by atoms with Gasteiger partial charge in [-0.25, -0.2) is 4.98 Å². The molecule has 2 aromatic rings. The van der Waals surface area contributed by atoms with Crippen LogP contribution in [0.25, 0.3) is 0 Å². The molecule has 1 aromatic heterocycles. The van der Waals surface area contributed by atoms with Crippen molar-refractivity contribution in [1.82, 2.24) is 15.6 Å². The third kappa shape index (κ3) is 6.26. The van der Waals surface area contributed by atoms with E-state index in [2.05, 4.69) is 20.9 Å². The number of alkyl halides is 3. The van der Waals surface area contributed by atoms with Crippen LogP contribution in [0.3, 0.4) is 0 Å². The summed E-state index contributed by atoms with van der Waals surface area (Å²) in [5.74, 6) is -1.12. The normalized spacial score (nSPS) is 11.0. The fourth-order valence-electron chi connectivity index (χ4n) is 2.59. The van der Waals surface area contributed by atoms with Gasteiger partial charge in [0.25, 0.3) is 5.91 Å². The Labute approximate surface area is 160 Å². The Morgan fingerprint density at radius 1 is 1.04 bits per heavy atom. The number of aryl methyl sites for hydroxylation is 2. The van der Waals surface area contributed by atoms with E-state index >= 15 is 0 Å². The van der Waals surface area contributed by atoms with E-state index in [4.69, 9.17) is 0 Å². The zero-order chi connectivity index (χ0) is 20.7. The van der Waals surface area contributed by atoms with Crippen LogP contribution in [-0.4, -0.2) is 36.4 Å². The van der Waals surface area contributed by atoms with Crippen molar-refractivity contribution < 1.29 is 22.8 Å². The Bertz CT molecular complexity index is 833. The van der Waals surface area contributed by atoms with Crippen molar-refractivity contribution in [2.45, 2.75) is 20.0 Å². The van der Waals surface area contributed by atoms with Crippen molar-refractivity contribution in [3.8, 4) is 0 Å². The van der Waals surface area contributed by atoms with Gasteiger partial charge in [0.05, 0.1) is 12.1 Å². The van der Waals surface area contributed by atoms with Gasteiger partial charge in [-0.2, -0.15) is 13.2 Å². The SMILES string of the molecule is Cc1cc(C)cc(C(=O)NCC(=O)NCCNc2ncccc2C(F)(F)F)c1. The highest BCUT2D eigenvalue weighted by atomic mass is 19.4. The molecule has 9 heteroatoms. The molecule has 0 aliphatic heterocycles. The number of hydrogen-bond donors (Lipinski definition) is 3. The maximum absolute atomic E-state index is 12.9. The van der Waals surface area contributed by atoms with E-state index in [0.717, 1.165) is 17.2 Å². The first-order chi connectivity index (χ1) is 13.2. The van der Waals surface area contributed by atoms with Gasteiger partial charge in [-0.3, -0.25) is 9.59 Å². The van der Waals surface area contributed by atoms with E-state index < -0.39 is 17.6 Å². The minimum absolute atomic E-state index is 0.0524. The fraction of sp³-hybridized carbons (Fsp3) is 0.316. The third-order valence-corrected chi connectivity index (χ3v) is 3.75. The van der Waals surface area contributed by atoms with E-state index in [1.807, 2.05) is 19.9 Å². The first-order valence-electron chi connectivity index (χ1n) is 8.56. The van der Waals surface area contributed by atoms with Crippen molar-refractivity contribution >= 4 is 17.6 Å². The summed E-state index contributed by atoms with van der Waals surface area (Å²) in [5.41, 5.74) is 1.46. The van der Waals surface area contributed by atoms with E-state index in [0.29, 0.717) is 5.56 Å². The summed E-state index contributed by atoms with van der Waals surface area (Å²) in [6.45, 7) is 3.64. The average molecular weight is 394 g/mol.